The Hall–Kier alpha value is -4.50. The molecular weight excluding hydrogens is 664 g/mol. The zero-order valence-corrected chi connectivity index (χ0v) is 29.5. The van der Waals surface area contributed by atoms with E-state index in [9.17, 15) is 9.65 Å². The second-order valence-electron chi connectivity index (χ2n) is 13.4. The van der Waals surface area contributed by atoms with E-state index in [-0.39, 0.29) is 28.3 Å². The van der Waals surface area contributed by atoms with Gasteiger partial charge in [0, 0.05) is 53.3 Å². The number of rotatable bonds is 9. The highest BCUT2D eigenvalue weighted by molar-refractivity contribution is 6.36. The Morgan fingerprint density at radius 2 is 1.80 bits per heavy atom. The summed E-state index contributed by atoms with van der Waals surface area (Å²) < 4.78 is 22.0. The van der Waals surface area contributed by atoms with Crippen LogP contribution >= 0.6 is 23.2 Å². The molecule has 0 amide bonds. The van der Waals surface area contributed by atoms with Crippen LogP contribution in [-0.4, -0.2) is 54.6 Å². The molecule has 0 spiro atoms. The lowest BCUT2D eigenvalue weighted by Crippen LogP contribution is -2.46. The number of hydrogen-bond acceptors (Lipinski definition) is 9. The van der Waals surface area contributed by atoms with Gasteiger partial charge < -0.3 is 15.4 Å². The Labute approximate surface area is 295 Å². The molecule has 1 fully saturated rings. The summed E-state index contributed by atoms with van der Waals surface area (Å²) in [6, 6.07) is 13.6. The summed E-state index contributed by atoms with van der Waals surface area (Å²) in [5, 5.41) is 27.0. The minimum atomic E-state index is -0.545. The molecule has 0 aliphatic carbocycles. The smallest absolute Gasteiger partial charge is 0.219 e. The van der Waals surface area contributed by atoms with Crippen LogP contribution in [0.2, 0.25) is 10.0 Å². The molecule has 0 radical (unpaired) electrons. The maximum absolute atomic E-state index is 13.9. The molecule has 1 aliphatic rings. The lowest BCUT2D eigenvalue weighted by atomic mass is 9.98. The lowest BCUT2D eigenvalue weighted by Gasteiger charge is -2.40. The third-order valence-electron chi connectivity index (χ3n) is 8.62. The second kappa shape index (κ2) is 14.2. The molecule has 2 N–H and O–H groups in total. The highest BCUT2D eigenvalue weighted by atomic mass is 35.5. The van der Waals surface area contributed by atoms with Gasteiger partial charge in [0.1, 0.15) is 23.6 Å². The fourth-order valence-corrected chi connectivity index (χ4v) is 6.55. The van der Waals surface area contributed by atoms with Crippen molar-refractivity contribution in [2.75, 3.05) is 23.7 Å². The number of nitrogens with zero attached hydrogens (tertiary/aromatic N) is 7. The molecule has 0 saturated carbocycles. The summed E-state index contributed by atoms with van der Waals surface area (Å²) in [4.78, 5) is 11.5. The van der Waals surface area contributed by atoms with Gasteiger partial charge in [-0.15, -0.1) is 5.10 Å². The average Bonchev–Trinajstić information content (AvgIpc) is 3.56. The van der Waals surface area contributed by atoms with Crippen molar-refractivity contribution in [1.82, 2.24) is 29.9 Å². The van der Waals surface area contributed by atoms with E-state index < -0.39 is 11.9 Å². The first kappa shape index (κ1) is 34.4. The Morgan fingerprint density at radius 1 is 1.04 bits per heavy atom. The van der Waals surface area contributed by atoms with E-state index in [4.69, 9.17) is 27.9 Å². The summed E-state index contributed by atoms with van der Waals surface area (Å²) in [6.45, 7) is 12.6. The number of likely N-dealkylation sites (tertiary alicyclic amines) is 1. The van der Waals surface area contributed by atoms with Crippen LogP contribution in [0.5, 0.6) is 5.88 Å². The van der Waals surface area contributed by atoms with E-state index in [0.717, 1.165) is 31.5 Å². The zero-order valence-electron chi connectivity index (χ0n) is 28.0. The Morgan fingerprint density at radius 3 is 2.49 bits per heavy atom. The van der Waals surface area contributed by atoms with Crippen LogP contribution in [0.15, 0.2) is 61.1 Å². The van der Waals surface area contributed by atoms with E-state index in [0.29, 0.717) is 44.6 Å². The van der Waals surface area contributed by atoms with Crippen molar-refractivity contribution in [1.29, 1.82) is 5.26 Å². The lowest BCUT2D eigenvalue weighted by molar-refractivity contribution is 0.0866. The predicted molar refractivity (Wildman–Crippen MR) is 191 cm³/mol. The first-order valence-electron chi connectivity index (χ1n) is 16.2. The topological polar surface area (TPSA) is 117 Å². The molecule has 1 saturated heterocycles. The number of ether oxygens (including phenoxy) is 1. The highest BCUT2D eigenvalue weighted by Gasteiger charge is 2.30. The molecule has 10 nitrogen and oxygen atoms in total. The first-order chi connectivity index (χ1) is 23.4. The summed E-state index contributed by atoms with van der Waals surface area (Å²) in [5.41, 5.74) is 3.91. The molecular formula is C36H38Cl2FN9O. The van der Waals surface area contributed by atoms with Crippen molar-refractivity contribution in [3.8, 4) is 11.9 Å². The van der Waals surface area contributed by atoms with Gasteiger partial charge in [0.2, 0.25) is 5.88 Å². The maximum atomic E-state index is 13.9. The van der Waals surface area contributed by atoms with E-state index in [1.54, 1.807) is 18.3 Å². The molecule has 1 aliphatic heterocycles. The molecule has 4 heterocycles. The van der Waals surface area contributed by atoms with Crippen LogP contribution < -0.4 is 15.4 Å². The highest BCUT2D eigenvalue weighted by Crippen LogP contribution is 2.38. The van der Waals surface area contributed by atoms with Crippen molar-refractivity contribution in [2.45, 2.75) is 71.2 Å². The SMILES string of the molecule is CC(C)Oc1ncccc1C(Nc1cc(Cl)c2ncc(C#N)c(Nc3ccc(F)c(Cl)c3)c2c1)c1cn(C2CCN(C(C)(C)C)CC2)nn1. The van der Waals surface area contributed by atoms with Gasteiger partial charge in [-0.05, 0) is 89.9 Å². The molecule has 49 heavy (non-hydrogen) atoms. The zero-order chi connectivity index (χ0) is 34.9. The third kappa shape index (κ3) is 7.57. The predicted octanol–water partition coefficient (Wildman–Crippen LogP) is 8.71. The van der Waals surface area contributed by atoms with Crippen LogP contribution in [0.25, 0.3) is 10.9 Å². The quantitative estimate of drug-likeness (QED) is 0.156. The summed E-state index contributed by atoms with van der Waals surface area (Å²) >= 11 is 12.9. The number of halogens is 3. The Kier molecular flexibility index (Phi) is 9.93. The Bertz CT molecular complexity index is 2010. The third-order valence-corrected chi connectivity index (χ3v) is 9.19. The van der Waals surface area contributed by atoms with Crippen molar-refractivity contribution in [3.05, 3.63) is 93.7 Å². The van der Waals surface area contributed by atoms with Crippen molar-refractivity contribution < 1.29 is 9.13 Å². The minimum Gasteiger partial charge on any atom is -0.475 e. The maximum Gasteiger partial charge on any atom is 0.219 e. The summed E-state index contributed by atoms with van der Waals surface area (Å²) in [5.74, 6) is -0.0738. The monoisotopic (exact) mass is 701 g/mol. The molecule has 2 aromatic carbocycles. The van der Waals surface area contributed by atoms with E-state index in [1.807, 2.05) is 42.9 Å². The number of piperidine rings is 1. The van der Waals surface area contributed by atoms with Gasteiger partial charge in [0.25, 0.3) is 0 Å². The van der Waals surface area contributed by atoms with Crippen LogP contribution in [0.4, 0.5) is 21.5 Å². The second-order valence-corrected chi connectivity index (χ2v) is 14.2. The van der Waals surface area contributed by atoms with Gasteiger partial charge in [-0.25, -0.2) is 14.1 Å². The number of nitrogens with one attached hydrogen (secondary N) is 2. The number of pyridine rings is 2. The fourth-order valence-electron chi connectivity index (χ4n) is 6.11. The number of aromatic nitrogens is 5. The van der Waals surface area contributed by atoms with Crippen LogP contribution in [0.1, 0.15) is 76.4 Å². The van der Waals surface area contributed by atoms with Gasteiger partial charge >= 0.3 is 0 Å². The molecule has 13 heteroatoms. The van der Waals surface area contributed by atoms with Crippen LogP contribution in [0, 0.1) is 17.1 Å². The van der Waals surface area contributed by atoms with Gasteiger partial charge in [0.05, 0.1) is 45.2 Å². The van der Waals surface area contributed by atoms with Gasteiger partial charge in [-0.2, -0.15) is 5.26 Å². The Balaban J connectivity index is 1.40. The minimum absolute atomic E-state index is 0.0474. The van der Waals surface area contributed by atoms with E-state index in [2.05, 4.69) is 62.7 Å². The molecule has 254 valence electrons. The van der Waals surface area contributed by atoms with E-state index in [1.165, 1.54) is 18.3 Å². The first-order valence-corrected chi connectivity index (χ1v) is 17.0. The number of nitriles is 1. The van der Waals surface area contributed by atoms with Crippen LogP contribution in [0.3, 0.4) is 0 Å². The number of anilines is 3. The van der Waals surface area contributed by atoms with Gasteiger partial charge in [-0.1, -0.05) is 28.4 Å². The summed E-state index contributed by atoms with van der Waals surface area (Å²) in [7, 11) is 0. The summed E-state index contributed by atoms with van der Waals surface area (Å²) in [6.07, 6.45) is 6.96. The largest absolute Gasteiger partial charge is 0.475 e. The standard InChI is InChI=1S/C36H38Cl2FN9O/c1-21(2)49-35-26(7-6-12-41-35)34(31-20-48(46-45-31)25-10-13-47(14-11-25)36(3,4)5)44-24-15-27-32(43-23-8-9-30(39)28(37)16-23)22(18-40)19-42-33(27)29(38)17-24/h6-9,12,15-17,19-21,25,34,44H,10-11,13-14H2,1-5H3,(H,42,43). The van der Waals surface area contributed by atoms with Gasteiger partial charge in [-0.3, -0.25) is 9.88 Å². The number of fused-ring (bicyclic) bond motifs is 1. The molecule has 1 unspecified atom stereocenters. The molecule has 5 aromatic rings. The van der Waals surface area contributed by atoms with Crippen molar-refractivity contribution in [3.63, 3.8) is 0 Å². The molecule has 3 aromatic heterocycles. The molecule has 6 rings (SSSR count). The van der Waals surface area contributed by atoms with E-state index >= 15 is 0 Å². The number of benzene rings is 2. The van der Waals surface area contributed by atoms with Crippen LogP contribution in [-0.2, 0) is 0 Å². The number of hydrogen-bond donors (Lipinski definition) is 2. The molecule has 0 bridgehead atoms. The van der Waals surface area contributed by atoms with Crippen molar-refractivity contribution >= 4 is 51.2 Å². The van der Waals surface area contributed by atoms with Crippen molar-refractivity contribution in [2.24, 2.45) is 0 Å². The molecule has 1 atom stereocenters. The average molecular weight is 703 g/mol. The normalized spacial score (nSPS) is 14.9. The van der Waals surface area contributed by atoms with Gasteiger partial charge in [0.15, 0.2) is 0 Å². The fraction of sp³-hybridized carbons (Fsp3) is 0.361.